The lowest BCUT2D eigenvalue weighted by Gasteiger charge is -2.07. The van der Waals surface area contributed by atoms with Gasteiger partial charge in [0, 0.05) is 37.1 Å². The number of aromatic hydroxyl groups is 4. The fourth-order valence-electron chi connectivity index (χ4n) is 3.95. The predicted octanol–water partition coefficient (Wildman–Crippen LogP) is 4.96. The highest BCUT2D eigenvalue weighted by atomic mass is 16.7. The molecule has 2 heterocycles. The van der Waals surface area contributed by atoms with Crippen LogP contribution in [0.2, 0.25) is 0 Å². The van der Waals surface area contributed by atoms with E-state index in [4.69, 9.17) is 9.68 Å². The van der Waals surface area contributed by atoms with Crippen molar-refractivity contribution in [2.24, 2.45) is 0 Å². The molecule has 0 spiro atoms. The molecule has 0 saturated heterocycles. The van der Waals surface area contributed by atoms with Crippen molar-refractivity contribution in [2.45, 2.75) is 103 Å². The van der Waals surface area contributed by atoms with Gasteiger partial charge < -0.3 is 30.1 Å². The van der Waals surface area contributed by atoms with Crippen molar-refractivity contribution in [2.75, 3.05) is 0 Å². The molecule has 2 rings (SSSR count). The lowest BCUT2D eigenvalue weighted by atomic mass is 10.0. The SMILES string of the molecule is O=C(CCCCCCCCCCCCCCCCC(=O)On1c(O)ccc1O)On1c(O)ccc1O. The molecule has 0 bridgehead atoms. The van der Waals surface area contributed by atoms with Crippen LogP contribution in [0.1, 0.15) is 103 Å². The fraction of sp³-hybridized carbons (Fsp3) is 0.615. The molecule has 0 amide bonds. The van der Waals surface area contributed by atoms with Crippen molar-refractivity contribution < 1.29 is 39.7 Å². The summed E-state index contributed by atoms with van der Waals surface area (Å²) in [5, 5.41) is 37.8. The van der Waals surface area contributed by atoms with Crippen LogP contribution in [-0.2, 0) is 9.59 Å². The highest BCUT2D eigenvalue weighted by molar-refractivity contribution is 5.70. The Bertz CT molecular complexity index is 808. The third-order valence-corrected chi connectivity index (χ3v) is 5.99. The van der Waals surface area contributed by atoms with E-state index < -0.39 is 11.9 Å². The van der Waals surface area contributed by atoms with Gasteiger partial charge in [-0.05, 0) is 12.8 Å². The molecule has 2 aromatic heterocycles. The second-order valence-electron chi connectivity index (χ2n) is 9.06. The van der Waals surface area contributed by atoms with Gasteiger partial charge in [-0.25, -0.2) is 9.59 Å². The Kier molecular flexibility index (Phi) is 13.2. The number of hydrogen-bond donors (Lipinski definition) is 4. The van der Waals surface area contributed by atoms with Gasteiger partial charge in [0.1, 0.15) is 0 Å². The van der Waals surface area contributed by atoms with Gasteiger partial charge in [0.2, 0.25) is 23.5 Å². The van der Waals surface area contributed by atoms with E-state index in [1.54, 1.807) is 0 Å². The molecular weight excluding hydrogens is 468 g/mol. The van der Waals surface area contributed by atoms with Gasteiger partial charge in [-0.3, -0.25) is 0 Å². The predicted molar refractivity (Wildman–Crippen MR) is 133 cm³/mol. The molecule has 0 saturated carbocycles. The first-order valence-corrected chi connectivity index (χ1v) is 13.0. The van der Waals surface area contributed by atoms with Gasteiger partial charge in [-0.2, -0.15) is 0 Å². The molecule has 0 aliphatic heterocycles. The molecule has 0 aromatic carbocycles. The molecule has 0 fully saturated rings. The molecule has 202 valence electrons. The van der Waals surface area contributed by atoms with Crippen molar-refractivity contribution in [1.82, 2.24) is 9.46 Å². The highest BCUT2D eigenvalue weighted by Gasteiger charge is 2.12. The molecule has 2 aromatic rings. The Hall–Kier alpha value is -3.30. The maximum Gasteiger partial charge on any atom is 0.333 e. The Labute approximate surface area is 212 Å². The van der Waals surface area contributed by atoms with Crippen LogP contribution in [0.3, 0.4) is 0 Å². The molecule has 0 unspecified atom stereocenters. The van der Waals surface area contributed by atoms with Crippen LogP contribution in [0.15, 0.2) is 24.3 Å². The lowest BCUT2D eigenvalue weighted by molar-refractivity contribution is -0.146. The fourth-order valence-corrected chi connectivity index (χ4v) is 3.95. The second kappa shape index (κ2) is 16.4. The first-order valence-electron chi connectivity index (χ1n) is 13.0. The minimum Gasteiger partial charge on any atom is -0.492 e. The number of rotatable bonds is 19. The van der Waals surface area contributed by atoms with E-state index in [0.717, 1.165) is 60.8 Å². The topological polar surface area (TPSA) is 143 Å². The summed E-state index contributed by atoms with van der Waals surface area (Å²) in [5.41, 5.74) is 0. The molecular formula is C26H40N2O8. The third kappa shape index (κ3) is 11.0. The molecule has 36 heavy (non-hydrogen) atoms. The number of nitrogens with zero attached hydrogens (tertiary/aromatic N) is 2. The van der Waals surface area contributed by atoms with Crippen molar-refractivity contribution in [1.29, 1.82) is 0 Å². The average molecular weight is 509 g/mol. The monoisotopic (exact) mass is 508 g/mol. The third-order valence-electron chi connectivity index (χ3n) is 5.99. The van der Waals surface area contributed by atoms with Crippen molar-refractivity contribution in [3.63, 3.8) is 0 Å². The molecule has 0 radical (unpaired) electrons. The Morgan fingerprint density at radius 1 is 0.472 bits per heavy atom. The first-order chi connectivity index (χ1) is 17.4. The minimum atomic E-state index is -0.477. The lowest BCUT2D eigenvalue weighted by Crippen LogP contribution is -2.18. The van der Waals surface area contributed by atoms with Gasteiger partial charge in [-0.15, -0.1) is 9.46 Å². The standard InChI is InChI=1S/C26H40N2O8/c29-21-17-18-22(30)27(21)35-25(33)15-13-11-9-7-5-3-1-2-4-6-8-10-12-14-16-26(34)36-28-23(31)19-20-24(28)32/h17-20,29-32H,1-16H2. The molecule has 0 atom stereocenters. The quantitative estimate of drug-likeness (QED) is 0.195. The van der Waals surface area contributed by atoms with E-state index in [2.05, 4.69) is 0 Å². The van der Waals surface area contributed by atoms with Gasteiger partial charge >= 0.3 is 11.9 Å². The number of unbranched alkanes of at least 4 members (excludes halogenated alkanes) is 13. The van der Waals surface area contributed by atoms with E-state index in [9.17, 15) is 30.0 Å². The van der Waals surface area contributed by atoms with Crippen molar-refractivity contribution in [3.8, 4) is 23.5 Å². The summed E-state index contributed by atoms with van der Waals surface area (Å²) >= 11 is 0. The maximum absolute atomic E-state index is 11.7. The van der Waals surface area contributed by atoms with Gasteiger partial charge in [-0.1, -0.05) is 77.0 Å². The molecule has 4 N–H and O–H groups in total. The maximum atomic E-state index is 11.7. The average Bonchev–Trinajstić information content (AvgIpc) is 3.34. The van der Waals surface area contributed by atoms with Gasteiger partial charge in [0.15, 0.2) is 0 Å². The van der Waals surface area contributed by atoms with E-state index >= 15 is 0 Å². The van der Waals surface area contributed by atoms with Crippen molar-refractivity contribution >= 4 is 11.9 Å². The summed E-state index contributed by atoms with van der Waals surface area (Å²) in [5.74, 6) is -2.19. The molecule has 10 nitrogen and oxygen atoms in total. The summed E-state index contributed by atoms with van der Waals surface area (Å²) in [6.07, 6.45) is 15.6. The minimum absolute atomic E-state index is 0.254. The zero-order chi connectivity index (χ0) is 26.2. The van der Waals surface area contributed by atoms with E-state index in [-0.39, 0.29) is 36.4 Å². The first kappa shape index (κ1) is 28.9. The van der Waals surface area contributed by atoms with Crippen LogP contribution in [-0.4, -0.2) is 41.8 Å². The van der Waals surface area contributed by atoms with E-state index in [1.165, 1.54) is 62.8 Å². The zero-order valence-electron chi connectivity index (χ0n) is 20.9. The van der Waals surface area contributed by atoms with E-state index in [0.29, 0.717) is 0 Å². The number of aromatic nitrogens is 2. The largest absolute Gasteiger partial charge is 0.492 e. The highest BCUT2D eigenvalue weighted by Crippen LogP contribution is 2.20. The number of hydrogen-bond acceptors (Lipinski definition) is 8. The van der Waals surface area contributed by atoms with Crippen LogP contribution in [0.4, 0.5) is 0 Å². The summed E-state index contributed by atoms with van der Waals surface area (Å²) in [6.45, 7) is 0. The summed E-state index contributed by atoms with van der Waals surface area (Å²) in [6, 6.07) is 5.01. The van der Waals surface area contributed by atoms with E-state index in [1.807, 2.05) is 0 Å². The summed E-state index contributed by atoms with van der Waals surface area (Å²) in [7, 11) is 0. The van der Waals surface area contributed by atoms with Crippen LogP contribution < -0.4 is 9.68 Å². The smallest absolute Gasteiger partial charge is 0.333 e. The molecule has 0 aliphatic carbocycles. The number of carbonyl (C=O) groups excluding carboxylic acids is 2. The normalized spacial score (nSPS) is 11.0. The second-order valence-corrected chi connectivity index (χ2v) is 9.06. The van der Waals surface area contributed by atoms with Crippen LogP contribution in [0.25, 0.3) is 0 Å². The summed E-state index contributed by atoms with van der Waals surface area (Å²) in [4.78, 5) is 33.3. The van der Waals surface area contributed by atoms with Gasteiger partial charge in [0.25, 0.3) is 0 Å². The van der Waals surface area contributed by atoms with Crippen molar-refractivity contribution in [3.05, 3.63) is 24.3 Å². The molecule has 0 aliphatic rings. The Balaban J connectivity index is 1.31. The van der Waals surface area contributed by atoms with Crippen LogP contribution in [0.5, 0.6) is 23.5 Å². The summed E-state index contributed by atoms with van der Waals surface area (Å²) < 4.78 is 1.43. The van der Waals surface area contributed by atoms with Crippen LogP contribution >= 0.6 is 0 Å². The Morgan fingerprint density at radius 2 is 0.694 bits per heavy atom. The number of carbonyl (C=O) groups is 2. The Morgan fingerprint density at radius 3 is 0.944 bits per heavy atom. The zero-order valence-corrected chi connectivity index (χ0v) is 20.9. The van der Waals surface area contributed by atoms with Gasteiger partial charge in [0.05, 0.1) is 0 Å². The molecule has 10 heteroatoms. The van der Waals surface area contributed by atoms with Crippen LogP contribution in [0, 0.1) is 0 Å².